The van der Waals surface area contributed by atoms with E-state index >= 15 is 4.39 Å². The van der Waals surface area contributed by atoms with Crippen LogP contribution in [0.1, 0.15) is 13.2 Å². The number of fused-ring (bicyclic) bond motifs is 1. The summed E-state index contributed by atoms with van der Waals surface area (Å²) in [6.45, 7) is 0.587. The molecule has 3 rings (SSSR count). The standard InChI is InChI=1S/C14H20FN4O5PS/c1-4-22-13-10-12(16-6-17-13)19(7-18-10)14-9(15)11(24-25(3,20)26)8(23-14)5-21-2/h6-9,11,14H,4-5H2,1-3H3,(H,20,26)/t8?,9-,11-,14?,25?/m1/s1. The van der Waals surface area contributed by atoms with Crippen LogP contribution >= 0.6 is 6.49 Å². The minimum atomic E-state index is -3.09. The van der Waals surface area contributed by atoms with Crippen LogP contribution in [-0.2, 0) is 25.8 Å². The summed E-state index contributed by atoms with van der Waals surface area (Å²) in [6, 6.07) is 0. The van der Waals surface area contributed by atoms with E-state index in [1.165, 1.54) is 31.0 Å². The molecule has 1 saturated heterocycles. The largest absolute Gasteiger partial charge is 0.476 e. The van der Waals surface area contributed by atoms with Gasteiger partial charge in [0.25, 0.3) is 0 Å². The Morgan fingerprint density at radius 1 is 1.42 bits per heavy atom. The van der Waals surface area contributed by atoms with Gasteiger partial charge in [-0.05, 0) is 18.7 Å². The fraction of sp³-hybridized carbons (Fsp3) is 0.643. The molecule has 0 radical (unpaired) electrons. The molecule has 0 aliphatic carbocycles. The Bertz CT molecular complexity index is 818. The third-order valence-corrected chi connectivity index (χ3v) is 4.69. The third kappa shape index (κ3) is 3.88. The van der Waals surface area contributed by atoms with Crippen LogP contribution < -0.4 is 4.74 Å². The molecule has 26 heavy (non-hydrogen) atoms. The van der Waals surface area contributed by atoms with E-state index in [9.17, 15) is 4.89 Å². The van der Waals surface area contributed by atoms with Gasteiger partial charge in [0, 0.05) is 13.8 Å². The zero-order valence-corrected chi connectivity index (χ0v) is 16.2. The molecule has 2 aromatic heterocycles. The maximum atomic E-state index is 15.1. The van der Waals surface area contributed by atoms with Gasteiger partial charge in [0.05, 0.1) is 19.5 Å². The minimum Gasteiger partial charge on any atom is -0.476 e. The third-order valence-electron chi connectivity index (χ3n) is 3.80. The van der Waals surface area contributed by atoms with Gasteiger partial charge in [0.2, 0.25) is 5.88 Å². The number of hydrogen-bond donors (Lipinski definition) is 1. The Morgan fingerprint density at radius 2 is 2.19 bits per heavy atom. The van der Waals surface area contributed by atoms with E-state index in [4.69, 9.17) is 30.5 Å². The Kier molecular flexibility index (Phi) is 5.85. The Labute approximate surface area is 154 Å². The molecule has 2 aromatic rings. The fourth-order valence-electron chi connectivity index (χ4n) is 2.83. The number of ether oxygens (including phenoxy) is 3. The number of methoxy groups -OCH3 is 1. The number of hydrogen-bond acceptors (Lipinski definition) is 8. The number of rotatable bonds is 7. The van der Waals surface area contributed by atoms with Crippen LogP contribution in [0.5, 0.6) is 5.88 Å². The first-order valence-corrected chi connectivity index (χ1v) is 11.0. The number of nitrogens with zero attached hydrogens (tertiary/aromatic N) is 4. The molecule has 1 N–H and O–H groups in total. The van der Waals surface area contributed by atoms with Gasteiger partial charge in [-0.2, -0.15) is 4.98 Å². The van der Waals surface area contributed by atoms with Crippen LogP contribution in [-0.4, -0.2) is 69.8 Å². The molecule has 12 heteroatoms. The topological polar surface area (TPSA) is 101 Å². The van der Waals surface area contributed by atoms with Crippen molar-refractivity contribution in [2.45, 2.75) is 31.5 Å². The molecule has 144 valence electrons. The van der Waals surface area contributed by atoms with Crippen LogP contribution in [0.3, 0.4) is 0 Å². The second-order valence-electron chi connectivity index (χ2n) is 5.77. The lowest BCUT2D eigenvalue weighted by Crippen LogP contribution is -2.33. The van der Waals surface area contributed by atoms with Crippen molar-refractivity contribution in [1.82, 2.24) is 19.5 Å². The zero-order valence-electron chi connectivity index (χ0n) is 14.5. The lowest BCUT2D eigenvalue weighted by atomic mass is 10.1. The lowest BCUT2D eigenvalue weighted by Gasteiger charge is -2.22. The van der Waals surface area contributed by atoms with E-state index in [-0.39, 0.29) is 6.61 Å². The predicted octanol–water partition coefficient (Wildman–Crippen LogP) is 1.42. The van der Waals surface area contributed by atoms with Crippen molar-refractivity contribution in [3.63, 3.8) is 0 Å². The molecular formula is C14H20FN4O5PS. The summed E-state index contributed by atoms with van der Waals surface area (Å²) >= 11 is 4.90. The highest BCUT2D eigenvalue weighted by Gasteiger charge is 2.48. The maximum Gasteiger partial charge on any atom is 0.245 e. The van der Waals surface area contributed by atoms with Crippen molar-refractivity contribution in [2.75, 3.05) is 27.0 Å². The van der Waals surface area contributed by atoms with Crippen LogP contribution in [0.25, 0.3) is 11.2 Å². The second kappa shape index (κ2) is 7.79. The van der Waals surface area contributed by atoms with Gasteiger partial charge in [-0.15, -0.1) is 0 Å². The molecule has 3 heterocycles. The Hall–Kier alpha value is -1.23. The highest BCUT2D eigenvalue weighted by atomic mass is 32.5. The first-order chi connectivity index (χ1) is 12.4. The summed E-state index contributed by atoms with van der Waals surface area (Å²) in [5.41, 5.74) is 0.772. The van der Waals surface area contributed by atoms with Crippen molar-refractivity contribution in [1.29, 1.82) is 0 Å². The quantitative estimate of drug-likeness (QED) is 0.684. The van der Waals surface area contributed by atoms with Crippen molar-refractivity contribution < 1.29 is 28.0 Å². The van der Waals surface area contributed by atoms with Crippen LogP contribution in [0.15, 0.2) is 12.7 Å². The van der Waals surface area contributed by atoms with E-state index in [1.54, 1.807) is 0 Å². The number of aromatic nitrogens is 4. The summed E-state index contributed by atoms with van der Waals surface area (Å²) in [6.07, 6.45) is -1.74. The number of imidazole rings is 1. The first-order valence-electron chi connectivity index (χ1n) is 7.93. The van der Waals surface area contributed by atoms with Crippen LogP contribution in [0, 0.1) is 0 Å². The van der Waals surface area contributed by atoms with Crippen molar-refractivity contribution in [2.24, 2.45) is 0 Å². The van der Waals surface area contributed by atoms with Gasteiger partial charge < -0.3 is 23.6 Å². The monoisotopic (exact) mass is 406 g/mol. The average Bonchev–Trinajstić information content (AvgIpc) is 3.11. The van der Waals surface area contributed by atoms with Gasteiger partial charge in [0.15, 0.2) is 30.1 Å². The van der Waals surface area contributed by atoms with Crippen molar-refractivity contribution in [3.8, 4) is 5.88 Å². The maximum absolute atomic E-state index is 15.1. The molecule has 3 unspecified atom stereocenters. The highest BCUT2D eigenvalue weighted by Crippen LogP contribution is 2.46. The number of alkyl halides is 1. The molecule has 1 aliphatic heterocycles. The molecular weight excluding hydrogens is 386 g/mol. The predicted molar refractivity (Wildman–Crippen MR) is 94.5 cm³/mol. The number of halogens is 1. The lowest BCUT2D eigenvalue weighted by molar-refractivity contribution is -0.0516. The highest BCUT2D eigenvalue weighted by molar-refractivity contribution is 8.09. The fourth-order valence-corrected chi connectivity index (χ4v) is 3.83. The Morgan fingerprint density at radius 3 is 2.85 bits per heavy atom. The molecule has 1 fully saturated rings. The summed E-state index contributed by atoms with van der Waals surface area (Å²) in [5, 5.41) is 0. The normalized spacial score (nSPS) is 28.3. The van der Waals surface area contributed by atoms with Gasteiger partial charge >= 0.3 is 0 Å². The van der Waals surface area contributed by atoms with E-state index in [0.29, 0.717) is 23.7 Å². The molecule has 0 aromatic carbocycles. The molecule has 9 nitrogen and oxygen atoms in total. The van der Waals surface area contributed by atoms with Gasteiger partial charge in [-0.3, -0.25) is 4.57 Å². The second-order valence-corrected chi connectivity index (χ2v) is 9.62. The molecule has 1 aliphatic rings. The molecule has 5 atom stereocenters. The van der Waals surface area contributed by atoms with Gasteiger partial charge in [-0.1, -0.05) is 0 Å². The SMILES string of the molecule is CCOc1ncnc2c1ncn2C1OC(COC)[C@@H](OP(C)(O)=S)[C@H]1F. The molecule has 0 amide bonds. The summed E-state index contributed by atoms with van der Waals surface area (Å²) in [7, 11) is 1.47. The molecule has 0 bridgehead atoms. The van der Waals surface area contributed by atoms with Crippen LogP contribution in [0.4, 0.5) is 4.39 Å². The summed E-state index contributed by atoms with van der Waals surface area (Å²) in [4.78, 5) is 22.3. The van der Waals surface area contributed by atoms with E-state index < -0.39 is 31.1 Å². The zero-order chi connectivity index (χ0) is 18.9. The van der Waals surface area contributed by atoms with Crippen molar-refractivity contribution in [3.05, 3.63) is 12.7 Å². The average molecular weight is 406 g/mol. The van der Waals surface area contributed by atoms with Crippen molar-refractivity contribution >= 4 is 29.5 Å². The van der Waals surface area contributed by atoms with E-state index in [1.807, 2.05) is 6.92 Å². The van der Waals surface area contributed by atoms with E-state index in [2.05, 4.69) is 15.0 Å². The molecule has 0 spiro atoms. The smallest absolute Gasteiger partial charge is 0.245 e. The summed E-state index contributed by atoms with van der Waals surface area (Å²) < 4.78 is 38.2. The minimum absolute atomic E-state index is 0.0860. The van der Waals surface area contributed by atoms with Gasteiger partial charge in [-0.25, -0.2) is 14.4 Å². The summed E-state index contributed by atoms with van der Waals surface area (Å²) in [5.74, 6) is 0.310. The first kappa shape index (κ1) is 19.5. The molecule has 0 saturated carbocycles. The van der Waals surface area contributed by atoms with Gasteiger partial charge in [0.1, 0.15) is 18.5 Å². The van der Waals surface area contributed by atoms with Crippen LogP contribution in [0.2, 0.25) is 0 Å². The Balaban J connectivity index is 1.95. The van der Waals surface area contributed by atoms with E-state index in [0.717, 1.165) is 0 Å².